The van der Waals surface area contributed by atoms with Crippen molar-refractivity contribution in [2.24, 2.45) is 0 Å². The average molecular weight is 250 g/mol. The number of benzene rings is 1. The monoisotopic (exact) mass is 250 g/mol. The average Bonchev–Trinajstić information content (AvgIpc) is 2.36. The van der Waals surface area contributed by atoms with E-state index in [0.717, 1.165) is 37.0 Å². The van der Waals surface area contributed by atoms with Crippen LogP contribution in [0.5, 0.6) is 0 Å². The Balaban J connectivity index is 1.95. The number of quaternary nitrogens is 1. The number of nitrogens with zero attached hydrogens (tertiary/aromatic N) is 1. The molecule has 0 atom stereocenters. The van der Waals surface area contributed by atoms with Gasteiger partial charge in [-0.2, -0.15) is 0 Å². The summed E-state index contributed by atoms with van der Waals surface area (Å²) in [5.74, 6) is 0. The molecule has 1 aliphatic rings. The molecule has 3 heteroatoms. The highest BCUT2D eigenvalue weighted by Crippen LogP contribution is 2.29. The van der Waals surface area contributed by atoms with Gasteiger partial charge in [0, 0.05) is 25.0 Å². The molecule has 1 heterocycles. The normalized spacial score (nSPS) is 32.4. The van der Waals surface area contributed by atoms with Crippen molar-refractivity contribution in [1.29, 1.82) is 0 Å². The molecule has 0 spiro atoms. The molecule has 1 aromatic rings. The Hall–Kier alpha value is -0.900. The molecule has 0 saturated carbocycles. The Morgan fingerprint density at radius 1 is 1.17 bits per heavy atom. The van der Waals surface area contributed by atoms with Gasteiger partial charge in [0.1, 0.15) is 6.54 Å². The largest absolute Gasteiger partial charge is 0.396 e. The van der Waals surface area contributed by atoms with E-state index in [4.69, 9.17) is 5.11 Å². The van der Waals surface area contributed by atoms with Crippen LogP contribution in [-0.2, 0) is 6.54 Å². The molecule has 0 aliphatic carbocycles. The minimum Gasteiger partial charge on any atom is -0.396 e. The number of hydrogen-bond donors (Lipinski definition) is 2. The highest BCUT2D eigenvalue weighted by atomic mass is 16.3. The third-order valence-electron chi connectivity index (χ3n) is 4.22. The second-order valence-corrected chi connectivity index (χ2v) is 5.91. The van der Waals surface area contributed by atoms with Gasteiger partial charge in [-0.15, -0.1) is 0 Å². The molecule has 1 aliphatic heterocycles. The van der Waals surface area contributed by atoms with Crippen LogP contribution in [-0.4, -0.2) is 47.0 Å². The summed E-state index contributed by atoms with van der Waals surface area (Å²) in [6.45, 7) is 3.06. The summed E-state index contributed by atoms with van der Waals surface area (Å²) in [5, 5.41) is 19.3. The standard InChI is InChI=1S/C15H24NO2/c1-16(13-14-5-3-2-4-6-14)10-7-15(18,8-11-16)9-12-17/h2-6,17-18H,7-13H2,1H3/q+1. The first-order valence-corrected chi connectivity index (χ1v) is 6.76. The maximum Gasteiger partial charge on any atom is 0.104 e. The fourth-order valence-electron chi connectivity index (χ4n) is 2.83. The summed E-state index contributed by atoms with van der Waals surface area (Å²) in [7, 11) is 2.26. The van der Waals surface area contributed by atoms with Crippen molar-refractivity contribution in [2.45, 2.75) is 31.4 Å². The van der Waals surface area contributed by atoms with E-state index >= 15 is 0 Å². The third kappa shape index (κ3) is 3.31. The summed E-state index contributed by atoms with van der Waals surface area (Å²) in [6, 6.07) is 10.5. The van der Waals surface area contributed by atoms with Gasteiger partial charge in [0.15, 0.2) is 0 Å². The van der Waals surface area contributed by atoms with Gasteiger partial charge >= 0.3 is 0 Å². The van der Waals surface area contributed by atoms with Crippen LogP contribution in [0.4, 0.5) is 0 Å². The number of likely N-dealkylation sites (tertiary alicyclic amines) is 1. The lowest BCUT2D eigenvalue weighted by molar-refractivity contribution is -0.929. The minimum atomic E-state index is -0.636. The lowest BCUT2D eigenvalue weighted by Gasteiger charge is -2.44. The Labute approximate surface area is 109 Å². The quantitative estimate of drug-likeness (QED) is 0.796. The van der Waals surface area contributed by atoms with E-state index in [1.54, 1.807) is 0 Å². The van der Waals surface area contributed by atoms with Crippen LogP contribution in [0.3, 0.4) is 0 Å². The zero-order valence-corrected chi connectivity index (χ0v) is 11.2. The molecular weight excluding hydrogens is 226 g/mol. The van der Waals surface area contributed by atoms with Gasteiger partial charge in [0.25, 0.3) is 0 Å². The molecule has 1 fully saturated rings. The van der Waals surface area contributed by atoms with Crippen LogP contribution in [0.15, 0.2) is 30.3 Å². The molecule has 100 valence electrons. The second kappa shape index (κ2) is 5.39. The first-order valence-electron chi connectivity index (χ1n) is 6.76. The van der Waals surface area contributed by atoms with Crippen molar-refractivity contribution in [3.05, 3.63) is 35.9 Å². The lowest BCUT2D eigenvalue weighted by Crippen LogP contribution is -2.54. The van der Waals surface area contributed by atoms with Crippen molar-refractivity contribution in [3.8, 4) is 0 Å². The van der Waals surface area contributed by atoms with Crippen molar-refractivity contribution < 1.29 is 14.7 Å². The zero-order valence-electron chi connectivity index (χ0n) is 11.2. The SMILES string of the molecule is C[N+]1(Cc2ccccc2)CCC(O)(CCO)CC1. The van der Waals surface area contributed by atoms with E-state index in [1.807, 2.05) is 6.07 Å². The molecule has 0 bridgehead atoms. The number of hydrogen-bond acceptors (Lipinski definition) is 2. The molecule has 1 aromatic carbocycles. The molecule has 2 rings (SSSR count). The summed E-state index contributed by atoms with van der Waals surface area (Å²) < 4.78 is 0.984. The smallest absolute Gasteiger partial charge is 0.104 e. The molecular formula is C15H24NO2+. The Bertz CT molecular complexity index is 369. The van der Waals surface area contributed by atoms with Gasteiger partial charge in [0.05, 0.1) is 25.7 Å². The zero-order chi connectivity index (χ0) is 13.1. The van der Waals surface area contributed by atoms with E-state index in [2.05, 4.69) is 31.3 Å². The van der Waals surface area contributed by atoms with E-state index in [0.29, 0.717) is 6.42 Å². The summed E-state index contributed by atoms with van der Waals surface area (Å²) in [5.41, 5.74) is 0.719. The van der Waals surface area contributed by atoms with Gasteiger partial charge in [-0.05, 0) is 6.42 Å². The van der Waals surface area contributed by atoms with Crippen LogP contribution < -0.4 is 0 Å². The molecule has 0 amide bonds. The topological polar surface area (TPSA) is 40.5 Å². The van der Waals surface area contributed by atoms with E-state index in [-0.39, 0.29) is 6.61 Å². The Morgan fingerprint density at radius 2 is 1.78 bits per heavy atom. The second-order valence-electron chi connectivity index (χ2n) is 5.91. The van der Waals surface area contributed by atoms with Crippen molar-refractivity contribution in [2.75, 3.05) is 26.7 Å². The van der Waals surface area contributed by atoms with E-state index in [1.165, 1.54) is 5.56 Å². The number of aliphatic hydroxyl groups excluding tert-OH is 1. The van der Waals surface area contributed by atoms with Crippen LogP contribution in [0.25, 0.3) is 0 Å². The van der Waals surface area contributed by atoms with Crippen LogP contribution in [0.1, 0.15) is 24.8 Å². The van der Waals surface area contributed by atoms with Gasteiger partial charge in [-0.1, -0.05) is 30.3 Å². The van der Waals surface area contributed by atoms with Crippen molar-refractivity contribution >= 4 is 0 Å². The fraction of sp³-hybridized carbons (Fsp3) is 0.600. The maximum absolute atomic E-state index is 10.3. The van der Waals surface area contributed by atoms with E-state index < -0.39 is 5.60 Å². The third-order valence-corrected chi connectivity index (χ3v) is 4.22. The molecule has 0 aromatic heterocycles. The summed E-state index contributed by atoms with van der Waals surface area (Å²) in [6.07, 6.45) is 2.09. The number of rotatable bonds is 4. The minimum absolute atomic E-state index is 0.0822. The van der Waals surface area contributed by atoms with Crippen LogP contribution in [0.2, 0.25) is 0 Å². The highest BCUT2D eigenvalue weighted by Gasteiger charge is 2.38. The van der Waals surface area contributed by atoms with Crippen molar-refractivity contribution in [3.63, 3.8) is 0 Å². The maximum atomic E-state index is 10.3. The Morgan fingerprint density at radius 3 is 2.33 bits per heavy atom. The van der Waals surface area contributed by atoms with Gasteiger partial charge in [-0.3, -0.25) is 0 Å². The molecule has 3 nitrogen and oxygen atoms in total. The number of aliphatic hydroxyl groups is 2. The van der Waals surface area contributed by atoms with Gasteiger partial charge in [-0.25, -0.2) is 0 Å². The molecule has 2 N–H and O–H groups in total. The highest BCUT2D eigenvalue weighted by molar-refractivity contribution is 5.13. The number of piperidine rings is 1. The van der Waals surface area contributed by atoms with Crippen molar-refractivity contribution in [1.82, 2.24) is 0 Å². The van der Waals surface area contributed by atoms with Gasteiger partial charge < -0.3 is 14.7 Å². The molecule has 1 saturated heterocycles. The first-order chi connectivity index (χ1) is 8.55. The molecule has 0 unspecified atom stereocenters. The fourth-order valence-corrected chi connectivity index (χ4v) is 2.83. The van der Waals surface area contributed by atoms with Crippen LogP contribution >= 0.6 is 0 Å². The predicted octanol–water partition coefficient (Wildman–Crippen LogP) is 1.54. The van der Waals surface area contributed by atoms with E-state index in [9.17, 15) is 5.11 Å². The van der Waals surface area contributed by atoms with Crippen LogP contribution in [0, 0.1) is 0 Å². The molecule has 0 radical (unpaired) electrons. The molecule has 18 heavy (non-hydrogen) atoms. The Kier molecular flexibility index (Phi) is 4.05. The predicted molar refractivity (Wildman–Crippen MR) is 72.0 cm³/mol. The first kappa shape index (κ1) is 13.5. The summed E-state index contributed by atoms with van der Waals surface area (Å²) >= 11 is 0. The van der Waals surface area contributed by atoms with Gasteiger partial charge in [0.2, 0.25) is 0 Å². The lowest BCUT2D eigenvalue weighted by atomic mass is 9.87. The summed E-state index contributed by atoms with van der Waals surface area (Å²) in [4.78, 5) is 0.